The molecule has 0 atom stereocenters. The second-order valence-electron chi connectivity index (χ2n) is 7.40. The lowest BCUT2D eigenvalue weighted by Gasteiger charge is -2.35. The molecule has 0 aliphatic carbocycles. The standard InChI is InChI=1S/C22H23ClN2O2S/c1-17-13-19-8-2-3-10-21(19)25(17)16-28(27,11-4-5-12-28)22(26)24-15-18-7-6-9-20(23)14-18/h2-4,6-11,13-14H,5,12,15-16H2,1H3,(H,24,26). The molecule has 0 bridgehead atoms. The highest BCUT2D eigenvalue weighted by atomic mass is 35.5. The molecule has 1 amide bonds. The number of para-hydroxylation sites is 1. The summed E-state index contributed by atoms with van der Waals surface area (Å²) in [6.07, 6.45) is 2.52. The third kappa shape index (κ3) is 3.29. The Kier molecular flexibility index (Phi) is 4.68. The molecule has 1 aromatic heterocycles. The molecule has 0 radical (unpaired) electrons. The van der Waals surface area contributed by atoms with Crippen LogP contribution in [0.25, 0.3) is 10.9 Å². The van der Waals surface area contributed by atoms with Crippen molar-refractivity contribution >= 4 is 36.8 Å². The Labute approximate surface area is 169 Å². The first-order valence-corrected chi connectivity index (χ1v) is 12.0. The molecular weight excluding hydrogens is 392 g/mol. The summed E-state index contributed by atoms with van der Waals surface area (Å²) in [5.41, 5.74) is 2.88. The molecule has 1 aliphatic heterocycles. The minimum Gasteiger partial charge on any atom is -0.342 e. The van der Waals surface area contributed by atoms with Crippen molar-refractivity contribution in [1.82, 2.24) is 9.88 Å². The number of aromatic nitrogens is 1. The summed E-state index contributed by atoms with van der Waals surface area (Å²) in [5.74, 6) is 0.527. The Hall–Kier alpha value is -2.37. The molecule has 4 nitrogen and oxygen atoms in total. The van der Waals surface area contributed by atoms with Crippen LogP contribution >= 0.6 is 11.6 Å². The van der Waals surface area contributed by atoms with Gasteiger partial charge in [0.1, 0.15) is 0 Å². The van der Waals surface area contributed by atoms with Crippen molar-refractivity contribution in [3.8, 4) is 0 Å². The number of hydrogen-bond donors (Lipinski definition) is 1. The van der Waals surface area contributed by atoms with E-state index in [9.17, 15) is 9.00 Å². The Morgan fingerprint density at radius 1 is 1.18 bits per heavy atom. The van der Waals surface area contributed by atoms with E-state index in [1.165, 1.54) is 0 Å². The maximum atomic E-state index is 14.3. The van der Waals surface area contributed by atoms with E-state index in [0.717, 1.165) is 22.2 Å². The number of halogens is 1. The molecule has 0 saturated carbocycles. The Balaban J connectivity index is 1.66. The van der Waals surface area contributed by atoms with E-state index in [0.29, 0.717) is 23.7 Å². The number of rotatable bonds is 4. The molecule has 3 aromatic rings. The van der Waals surface area contributed by atoms with Gasteiger partial charge in [-0.15, -0.1) is 0 Å². The van der Waals surface area contributed by atoms with E-state index in [4.69, 9.17) is 11.6 Å². The van der Waals surface area contributed by atoms with Gasteiger partial charge in [-0.2, -0.15) is 0 Å². The average molecular weight is 415 g/mol. The molecule has 0 unspecified atom stereocenters. The summed E-state index contributed by atoms with van der Waals surface area (Å²) in [7, 11) is -3.70. The van der Waals surface area contributed by atoms with Crippen molar-refractivity contribution < 1.29 is 9.00 Å². The predicted octanol–water partition coefficient (Wildman–Crippen LogP) is 5.21. The molecule has 146 valence electrons. The van der Waals surface area contributed by atoms with Crippen LogP contribution in [0.3, 0.4) is 0 Å². The predicted molar refractivity (Wildman–Crippen MR) is 117 cm³/mol. The summed E-state index contributed by atoms with van der Waals surface area (Å²) in [6.45, 7) is 2.29. The summed E-state index contributed by atoms with van der Waals surface area (Å²) < 4.78 is 16.3. The normalized spacial score (nSPS) is 18.6. The zero-order chi connectivity index (χ0) is 19.8. The monoisotopic (exact) mass is 414 g/mol. The molecule has 1 aliphatic rings. The fourth-order valence-electron chi connectivity index (χ4n) is 3.80. The van der Waals surface area contributed by atoms with Crippen LogP contribution in [-0.4, -0.2) is 19.8 Å². The van der Waals surface area contributed by atoms with Crippen LogP contribution in [0.5, 0.6) is 0 Å². The highest BCUT2D eigenvalue weighted by molar-refractivity contribution is 8.33. The molecule has 1 N–H and O–H groups in total. The first-order valence-electron chi connectivity index (χ1n) is 9.27. The van der Waals surface area contributed by atoms with Gasteiger partial charge in [-0.05, 0) is 54.0 Å². The van der Waals surface area contributed by atoms with Crippen molar-refractivity contribution in [1.29, 1.82) is 0 Å². The Morgan fingerprint density at radius 3 is 2.75 bits per heavy atom. The van der Waals surface area contributed by atoms with Crippen molar-refractivity contribution in [3.63, 3.8) is 0 Å². The summed E-state index contributed by atoms with van der Waals surface area (Å²) >= 11 is 6.03. The number of amides is 1. The van der Waals surface area contributed by atoms with Crippen LogP contribution in [-0.2, 0) is 21.5 Å². The van der Waals surface area contributed by atoms with Gasteiger partial charge >= 0.3 is 0 Å². The highest BCUT2D eigenvalue weighted by Gasteiger charge is 2.45. The number of benzene rings is 2. The average Bonchev–Trinajstić information content (AvgIpc) is 3.22. The maximum absolute atomic E-state index is 14.3. The second kappa shape index (κ2) is 6.90. The third-order valence-corrected chi connectivity index (χ3v) is 9.39. The molecule has 4 rings (SSSR count). The zero-order valence-corrected chi connectivity index (χ0v) is 17.3. The van der Waals surface area contributed by atoms with E-state index in [2.05, 4.69) is 11.4 Å². The number of nitrogens with zero attached hydrogens (tertiary/aromatic N) is 1. The topological polar surface area (TPSA) is 51.1 Å². The smallest absolute Gasteiger partial charge is 0.293 e. The van der Waals surface area contributed by atoms with Crippen molar-refractivity contribution in [2.24, 2.45) is 0 Å². The van der Waals surface area contributed by atoms with Gasteiger partial charge in [-0.1, -0.05) is 48.0 Å². The van der Waals surface area contributed by atoms with E-state index in [1.54, 1.807) is 17.5 Å². The molecule has 28 heavy (non-hydrogen) atoms. The zero-order valence-electron chi connectivity index (χ0n) is 15.7. The molecule has 0 spiro atoms. The minimum absolute atomic E-state index is 0.175. The number of nitrogens with one attached hydrogen (secondary N) is 1. The van der Waals surface area contributed by atoms with Crippen LogP contribution in [0.15, 0.2) is 66.1 Å². The van der Waals surface area contributed by atoms with E-state index in [-0.39, 0.29) is 11.1 Å². The van der Waals surface area contributed by atoms with Crippen molar-refractivity contribution in [3.05, 3.63) is 82.4 Å². The first-order chi connectivity index (χ1) is 13.4. The number of allylic oxidation sites excluding steroid dienone is 1. The quantitative estimate of drug-likeness (QED) is 0.637. The van der Waals surface area contributed by atoms with Crippen molar-refractivity contribution in [2.45, 2.75) is 25.8 Å². The highest BCUT2D eigenvalue weighted by Crippen LogP contribution is 2.38. The van der Waals surface area contributed by atoms with E-state index >= 15 is 0 Å². The van der Waals surface area contributed by atoms with Crippen LogP contribution < -0.4 is 5.32 Å². The third-order valence-electron chi connectivity index (χ3n) is 5.35. The van der Waals surface area contributed by atoms with Gasteiger partial charge in [-0.3, -0.25) is 9.00 Å². The SMILES string of the molecule is Cc1cc2ccccc2n1CS1(=O)(C(=O)NCc2cccc(Cl)c2)C=CCC1. The van der Waals surface area contributed by atoms with Crippen LogP contribution in [0.1, 0.15) is 17.7 Å². The van der Waals surface area contributed by atoms with Crippen LogP contribution in [0, 0.1) is 6.92 Å². The fourth-order valence-corrected chi connectivity index (χ4v) is 7.36. The summed E-state index contributed by atoms with van der Waals surface area (Å²) in [6, 6.07) is 17.4. The number of carbonyl (C=O) groups excluding carboxylic acids is 1. The Morgan fingerprint density at radius 2 is 2.00 bits per heavy atom. The maximum Gasteiger partial charge on any atom is 0.293 e. The first kappa shape index (κ1) is 19.0. The van der Waals surface area contributed by atoms with E-state index < -0.39 is 9.07 Å². The lowest BCUT2D eigenvalue weighted by molar-refractivity contribution is 0.258. The largest absolute Gasteiger partial charge is 0.342 e. The molecule has 6 heteroatoms. The van der Waals surface area contributed by atoms with Gasteiger partial charge in [0.15, 0.2) is 0 Å². The lowest BCUT2D eigenvalue weighted by atomic mass is 10.2. The number of aryl methyl sites for hydroxylation is 1. The summed E-state index contributed by atoms with van der Waals surface area (Å²) in [5, 5.41) is 5.88. The Bertz CT molecular complexity index is 1160. The fraction of sp³-hybridized carbons (Fsp3) is 0.227. The van der Waals surface area contributed by atoms with Gasteiger partial charge in [-0.25, -0.2) is 0 Å². The molecular formula is C22H23ClN2O2S. The van der Waals surface area contributed by atoms with Gasteiger partial charge in [0.05, 0.1) is 5.88 Å². The van der Waals surface area contributed by atoms with Crippen LogP contribution in [0.2, 0.25) is 5.02 Å². The van der Waals surface area contributed by atoms with Gasteiger partial charge in [0.2, 0.25) is 0 Å². The van der Waals surface area contributed by atoms with Crippen molar-refractivity contribution in [2.75, 3.05) is 5.75 Å². The number of fused-ring (bicyclic) bond motifs is 1. The molecule has 2 heterocycles. The number of hydrogen-bond acceptors (Lipinski definition) is 2. The lowest BCUT2D eigenvalue weighted by Crippen LogP contribution is -2.49. The van der Waals surface area contributed by atoms with E-state index in [1.807, 2.05) is 54.0 Å². The van der Waals surface area contributed by atoms with Gasteiger partial charge in [0.25, 0.3) is 5.24 Å². The molecule has 0 fully saturated rings. The second-order valence-corrected chi connectivity index (χ2v) is 11.9. The summed E-state index contributed by atoms with van der Waals surface area (Å²) in [4.78, 5) is 13.2. The molecule has 2 aromatic carbocycles. The minimum atomic E-state index is -3.70. The molecule has 0 saturated heterocycles. The van der Waals surface area contributed by atoms with Crippen LogP contribution in [0.4, 0.5) is 4.79 Å². The van der Waals surface area contributed by atoms with Gasteiger partial charge in [0, 0.05) is 37.6 Å². The van der Waals surface area contributed by atoms with Gasteiger partial charge < -0.3 is 9.88 Å². The number of carbonyl (C=O) groups is 1.